The summed E-state index contributed by atoms with van der Waals surface area (Å²) in [7, 11) is 0. The number of hydrogen-bond acceptors (Lipinski definition) is 4. The zero-order valence-electron chi connectivity index (χ0n) is 19.8. The van der Waals surface area contributed by atoms with Gasteiger partial charge in [-0.1, -0.05) is 29.8 Å². The molecule has 2 aliphatic heterocycles. The molecule has 0 N–H and O–H groups in total. The zero-order chi connectivity index (χ0) is 23.8. The summed E-state index contributed by atoms with van der Waals surface area (Å²) in [4.78, 5) is 32.4. The summed E-state index contributed by atoms with van der Waals surface area (Å²) in [6.07, 6.45) is 1.97. The van der Waals surface area contributed by atoms with Gasteiger partial charge in [-0.15, -0.1) is 0 Å². The molecule has 1 unspecified atom stereocenters. The number of hydrogen-bond donors (Lipinski definition) is 0. The maximum Gasteiger partial charge on any atom is 0.410 e. The minimum atomic E-state index is -0.594. The number of halogens is 1. The van der Waals surface area contributed by atoms with Crippen LogP contribution >= 0.6 is 11.6 Å². The maximum absolute atomic E-state index is 13.7. The second kappa shape index (κ2) is 9.26. The lowest BCUT2D eigenvalue weighted by Crippen LogP contribution is -2.46. The third-order valence-electron chi connectivity index (χ3n) is 6.13. The highest BCUT2D eigenvalue weighted by Gasteiger charge is 2.34. The molecule has 2 heterocycles. The average Bonchev–Trinajstić information content (AvgIpc) is 3.24. The van der Waals surface area contributed by atoms with Crippen LogP contribution in [0.4, 0.5) is 16.2 Å². The number of para-hydroxylation sites is 1. The van der Waals surface area contributed by atoms with Gasteiger partial charge in [-0.2, -0.15) is 0 Å². The van der Waals surface area contributed by atoms with Gasteiger partial charge in [0, 0.05) is 31.0 Å². The number of anilines is 2. The van der Waals surface area contributed by atoms with Crippen LogP contribution in [-0.4, -0.2) is 48.2 Å². The van der Waals surface area contributed by atoms with Crippen molar-refractivity contribution >= 4 is 35.0 Å². The number of amides is 2. The molecule has 2 aromatic carbocycles. The van der Waals surface area contributed by atoms with E-state index in [1.54, 1.807) is 9.80 Å². The number of nitrogens with zero attached hydrogens (tertiary/aromatic N) is 3. The molecular weight excluding hydrogens is 438 g/mol. The molecule has 0 spiro atoms. The lowest BCUT2D eigenvalue weighted by atomic mass is 10.1. The summed E-state index contributed by atoms with van der Waals surface area (Å²) in [5, 5.41) is 0.447. The predicted octanol–water partition coefficient (Wildman–Crippen LogP) is 5.73. The van der Waals surface area contributed by atoms with E-state index in [0.29, 0.717) is 23.7 Å². The van der Waals surface area contributed by atoms with Crippen molar-refractivity contribution in [3.8, 4) is 0 Å². The van der Waals surface area contributed by atoms with Gasteiger partial charge < -0.3 is 14.5 Å². The largest absolute Gasteiger partial charge is 0.444 e. The van der Waals surface area contributed by atoms with E-state index < -0.39 is 5.60 Å². The van der Waals surface area contributed by atoms with Gasteiger partial charge >= 0.3 is 6.09 Å². The summed E-state index contributed by atoms with van der Waals surface area (Å²) >= 11 is 6.62. The first-order valence-corrected chi connectivity index (χ1v) is 12.0. The van der Waals surface area contributed by atoms with Gasteiger partial charge in [-0.25, -0.2) is 4.79 Å². The van der Waals surface area contributed by atoms with Crippen LogP contribution in [0.25, 0.3) is 0 Å². The van der Waals surface area contributed by atoms with Gasteiger partial charge in [0.05, 0.1) is 23.2 Å². The number of carbonyl (C=O) groups is 2. The summed E-state index contributed by atoms with van der Waals surface area (Å²) in [6, 6.07) is 13.1. The number of fused-ring (bicyclic) bond motifs is 1. The average molecular weight is 470 g/mol. The highest BCUT2D eigenvalue weighted by molar-refractivity contribution is 6.34. The molecule has 33 heavy (non-hydrogen) atoms. The van der Waals surface area contributed by atoms with Crippen molar-refractivity contribution in [2.75, 3.05) is 29.4 Å². The number of carbonyl (C=O) groups excluding carboxylic acids is 2. The standard InChI is InChI=1S/C26H32ClN3O3/c1-18-16-30(24(31)21-12-11-20(15-22(21)27)28-13-7-8-14-28)23-10-6-5-9-19(23)17-29(18)25(32)33-26(2,3)4/h5-6,9-12,15,18H,7-8,13-14,16-17H2,1-4H3. The van der Waals surface area contributed by atoms with Crippen LogP contribution in [0.5, 0.6) is 0 Å². The van der Waals surface area contributed by atoms with E-state index in [-0.39, 0.29) is 18.0 Å². The van der Waals surface area contributed by atoms with Crippen molar-refractivity contribution < 1.29 is 14.3 Å². The van der Waals surface area contributed by atoms with E-state index in [9.17, 15) is 9.59 Å². The Labute approximate surface area is 201 Å². The van der Waals surface area contributed by atoms with Gasteiger partial charge in [0.2, 0.25) is 0 Å². The lowest BCUT2D eigenvalue weighted by Gasteiger charge is -2.31. The van der Waals surface area contributed by atoms with Crippen LogP contribution in [0.1, 0.15) is 56.5 Å². The molecule has 0 aromatic heterocycles. The molecule has 2 aliphatic rings. The predicted molar refractivity (Wildman–Crippen MR) is 132 cm³/mol. The molecule has 2 aromatic rings. The van der Waals surface area contributed by atoms with Crippen LogP contribution in [0.15, 0.2) is 42.5 Å². The van der Waals surface area contributed by atoms with Crippen LogP contribution in [0, 0.1) is 0 Å². The Morgan fingerprint density at radius 3 is 2.42 bits per heavy atom. The summed E-state index contributed by atoms with van der Waals surface area (Å²) in [6.45, 7) is 10.2. The molecule has 176 valence electrons. The van der Waals surface area contributed by atoms with Gasteiger partial charge in [0.1, 0.15) is 5.60 Å². The van der Waals surface area contributed by atoms with E-state index in [1.807, 2.05) is 70.2 Å². The third kappa shape index (κ3) is 5.11. The molecule has 7 heteroatoms. The summed E-state index contributed by atoms with van der Waals surface area (Å²) in [5.74, 6) is -0.168. The Hall–Kier alpha value is -2.73. The first kappa shape index (κ1) is 23.4. The van der Waals surface area contributed by atoms with Gasteiger partial charge in [0.25, 0.3) is 5.91 Å². The Bertz CT molecular complexity index is 1040. The van der Waals surface area contributed by atoms with E-state index >= 15 is 0 Å². The third-order valence-corrected chi connectivity index (χ3v) is 6.44. The molecular formula is C26H32ClN3O3. The lowest BCUT2D eigenvalue weighted by molar-refractivity contribution is 0.0167. The monoisotopic (exact) mass is 469 g/mol. The fourth-order valence-electron chi connectivity index (χ4n) is 4.46. The van der Waals surface area contributed by atoms with Gasteiger partial charge in [-0.3, -0.25) is 9.69 Å². The quantitative estimate of drug-likeness (QED) is 0.564. The van der Waals surface area contributed by atoms with Crippen LogP contribution < -0.4 is 9.80 Å². The zero-order valence-corrected chi connectivity index (χ0v) is 20.6. The topological polar surface area (TPSA) is 53.1 Å². The Kier molecular flexibility index (Phi) is 6.57. The smallest absolute Gasteiger partial charge is 0.410 e. The second-order valence-electron chi connectivity index (χ2n) is 9.86. The molecule has 1 fully saturated rings. The Morgan fingerprint density at radius 1 is 1.06 bits per heavy atom. The van der Waals surface area contributed by atoms with Crippen molar-refractivity contribution in [2.45, 2.75) is 58.7 Å². The molecule has 0 aliphatic carbocycles. The number of rotatable bonds is 2. The van der Waals surface area contributed by atoms with Crippen molar-refractivity contribution in [3.63, 3.8) is 0 Å². The Balaban J connectivity index is 1.64. The minimum Gasteiger partial charge on any atom is -0.444 e. The van der Waals surface area contributed by atoms with E-state index in [2.05, 4.69) is 4.90 Å². The van der Waals surface area contributed by atoms with E-state index in [0.717, 1.165) is 30.0 Å². The van der Waals surface area contributed by atoms with Crippen LogP contribution in [0.2, 0.25) is 5.02 Å². The van der Waals surface area contributed by atoms with Gasteiger partial charge in [0.15, 0.2) is 0 Å². The Morgan fingerprint density at radius 2 is 1.76 bits per heavy atom. The molecule has 0 bridgehead atoms. The van der Waals surface area contributed by atoms with Gasteiger partial charge in [-0.05, 0) is 70.4 Å². The van der Waals surface area contributed by atoms with Crippen molar-refractivity contribution in [1.29, 1.82) is 0 Å². The molecule has 4 rings (SSSR count). The summed E-state index contributed by atoms with van der Waals surface area (Å²) < 4.78 is 5.64. The maximum atomic E-state index is 13.7. The normalized spacial score (nSPS) is 18.7. The molecule has 2 amide bonds. The van der Waals surface area contributed by atoms with Crippen LogP contribution in [0.3, 0.4) is 0 Å². The molecule has 6 nitrogen and oxygen atoms in total. The van der Waals surface area contributed by atoms with Crippen molar-refractivity contribution in [1.82, 2.24) is 4.90 Å². The first-order chi connectivity index (χ1) is 15.6. The molecule has 1 atom stereocenters. The number of ether oxygens (including phenoxy) is 1. The minimum absolute atomic E-state index is 0.168. The van der Waals surface area contributed by atoms with E-state index in [4.69, 9.17) is 16.3 Å². The van der Waals surface area contributed by atoms with Crippen LogP contribution in [-0.2, 0) is 11.3 Å². The molecule has 1 saturated heterocycles. The first-order valence-electron chi connectivity index (χ1n) is 11.6. The highest BCUT2D eigenvalue weighted by atomic mass is 35.5. The highest BCUT2D eigenvalue weighted by Crippen LogP contribution is 2.32. The van der Waals surface area contributed by atoms with E-state index in [1.165, 1.54) is 12.8 Å². The fourth-order valence-corrected chi connectivity index (χ4v) is 4.72. The molecule has 0 saturated carbocycles. The SMILES string of the molecule is CC1CN(C(=O)c2ccc(N3CCCC3)cc2Cl)c2ccccc2CN1C(=O)OC(C)(C)C. The van der Waals surface area contributed by atoms with Crippen molar-refractivity contribution in [3.05, 3.63) is 58.6 Å². The molecule has 0 radical (unpaired) electrons. The number of benzene rings is 2. The van der Waals surface area contributed by atoms with Crippen molar-refractivity contribution in [2.24, 2.45) is 0 Å². The summed E-state index contributed by atoms with van der Waals surface area (Å²) in [5.41, 5.74) is 2.61. The second-order valence-corrected chi connectivity index (χ2v) is 10.3. The fraction of sp³-hybridized carbons (Fsp3) is 0.462.